The normalized spacial score (nSPS) is 15.4. The summed E-state index contributed by atoms with van der Waals surface area (Å²) in [6, 6.07) is 17.6. The highest BCUT2D eigenvalue weighted by Gasteiger charge is 2.30. The number of rotatable bonds is 14. The van der Waals surface area contributed by atoms with Gasteiger partial charge in [-0.05, 0) is 85.7 Å². The Hall–Kier alpha value is -3.89. The van der Waals surface area contributed by atoms with Crippen LogP contribution in [0.25, 0.3) is 11.1 Å². The first-order valence-corrected chi connectivity index (χ1v) is 15.4. The highest BCUT2D eigenvalue weighted by atomic mass is 19.4. The summed E-state index contributed by atoms with van der Waals surface area (Å²) in [6.45, 7) is 5.92. The molecule has 0 spiro atoms. The maximum Gasteiger partial charge on any atom is 0.416 e. The third-order valence-electron chi connectivity index (χ3n) is 8.05. The summed E-state index contributed by atoms with van der Waals surface area (Å²) in [7, 11) is 1.66. The van der Waals surface area contributed by atoms with Gasteiger partial charge in [0, 0.05) is 38.2 Å². The number of carbonyl (C=O) groups is 2. The number of ether oxygens (including phenoxy) is 2. The Morgan fingerprint density at radius 1 is 0.978 bits per heavy atom. The van der Waals surface area contributed by atoms with E-state index in [2.05, 4.69) is 28.5 Å². The van der Waals surface area contributed by atoms with E-state index in [-0.39, 0.29) is 17.9 Å². The first-order chi connectivity index (χ1) is 21.7. The Morgan fingerprint density at radius 3 is 2.51 bits per heavy atom. The number of carbonyl (C=O) groups excluding carboxylic acids is 2. The van der Waals surface area contributed by atoms with Gasteiger partial charge in [0.2, 0.25) is 5.91 Å². The zero-order valence-corrected chi connectivity index (χ0v) is 25.9. The summed E-state index contributed by atoms with van der Waals surface area (Å²) in [5.74, 6) is 0.620. The van der Waals surface area contributed by atoms with E-state index < -0.39 is 11.7 Å². The van der Waals surface area contributed by atoms with Crippen molar-refractivity contribution in [2.75, 3.05) is 46.4 Å². The zero-order valence-electron chi connectivity index (χ0n) is 25.9. The van der Waals surface area contributed by atoms with Gasteiger partial charge in [-0.15, -0.1) is 0 Å². The Labute approximate surface area is 263 Å². The fourth-order valence-corrected chi connectivity index (χ4v) is 5.57. The van der Waals surface area contributed by atoms with Crippen LogP contribution in [-0.4, -0.2) is 69.3 Å². The minimum absolute atomic E-state index is 0.0598. The van der Waals surface area contributed by atoms with Gasteiger partial charge in [-0.2, -0.15) is 13.2 Å². The van der Waals surface area contributed by atoms with Gasteiger partial charge in [0.05, 0.1) is 25.4 Å². The smallest absolute Gasteiger partial charge is 0.416 e. The average Bonchev–Trinajstić information content (AvgIpc) is 3.04. The number of methoxy groups -OCH3 is 1. The Morgan fingerprint density at radius 2 is 1.76 bits per heavy atom. The lowest BCUT2D eigenvalue weighted by molar-refractivity contribution is -0.137. The van der Waals surface area contributed by atoms with Crippen molar-refractivity contribution in [3.63, 3.8) is 0 Å². The van der Waals surface area contributed by atoms with Crippen molar-refractivity contribution < 1.29 is 32.2 Å². The van der Waals surface area contributed by atoms with Gasteiger partial charge in [-0.3, -0.25) is 14.5 Å². The van der Waals surface area contributed by atoms with Gasteiger partial charge in [-0.25, -0.2) is 0 Å². The van der Waals surface area contributed by atoms with E-state index >= 15 is 0 Å². The number of hydrogen-bond acceptors (Lipinski definition) is 5. The lowest BCUT2D eigenvalue weighted by atomic mass is 9.98. The number of nitrogens with one attached hydrogen (secondary N) is 2. The Kier molecular flexibility index (Phi) is 12.4. The molecule has 3 aromatic rings. The van der Waals surface area contributed by atoms with E-state index in [0.29, 0.717) is 49.4 Å². The molecule has 0 radical (unpaired) electrons. The standard InChI is InChI=1S/C35H42F3N3O4/c1-25-9-7-13-32(44-2)29(25)12-8-14-33(42)39-19-5-6-20-41-21-22-45-28(24-41)23-40-34(43)31-11-4-3-10-30(31)26-15-17-27(18-16-26)35(36,37)38/h3-4,7,9-11,13,15-18,28H,5-6,8,12,14,19-24H2,1-2H3,(H,39,42)(H,40,43). The van der Waals surface area contributed by atoms with Crippen molar-refractivity contribution in [3.05, 3.63) is 89.0 Å². The Balaban J connectivity index is 1.14. The molecule has 45 heavy (non-hydrogen) atoms. The molecule has 1 aliphatic rings. The number of unbranched alkanes of at least 4 members (excludes halogenated alkanes) is 1. The van der Waals surface area contributed by atoms with Crippen LogP contribution in [0.15, 0.2) is 66.7 Å². The van der Waals surface area contributed by atoms with Crippen molar-refractivity contribution >= 4 is 11.8 Å². The molecular weight excluding hydrogens is 583 g/mol. The number of hydrogen-bond donors (Lipinski definition) is 2. The van der Waals surface area contributed by atoms with Crippen LogP contribution in [0.3, 0.4) is 0 Å². The largest absolute Gasteiger partial charge is 0.496 e. The van der Waals surface area contributed by atoms with Crippen LogP contribution in [0.5, 0.6) is 5.75 Å². The van der Waals surface area contributed by atoms with Crippen molar-refractivity contribution in [1.29, 1.82) is 0 Å². The molecule has 242 valence electrons. The molecule has 0 bridgehead atoms. The lowest BCUT2D eigenvalue weighted by Crippen LogP contribution is -2.47. The number of amides is 2. The number of nitrogens with zero attached hydrogens (tertiary/aromatic N) is 1. The van der Waals surface area contributed by atoms with Crippen LogP contribution in [-0.2, 0) is 22.1 Å². The zero-order chi connectivity index (χ0) is 32.2. The predicted octanol–water partition coefficient (Wildman–Crippen LogP) is 6.04. The van der Waals surface area contributed by atoms with Gasteiger partial charge in [0.1, 0.15) is 5.75 Å². The summed E-state index contributed by atoms with van der Waals surface area (Å²) in [6.07, 6.45) is -0.753. The number of alkyl halides is 3. The monoisotopic (exact) mass is 625 g/mol. The highest BCUT2D eigenvalue weighted by molar-refractivity contribution is 6.00. The molecule has 1 atom stereocenters. The molecule has 1 saturated heterocycles. The molecule has 2 amide bonds. The van der Waals surface area contributed by atoms with E-state index in [1.54, 1.807) is 31.4 Å². The summed E-state index contributed by atoms with van der Waals surface area (Å²) in [5.41, 5.74) is 3.08. The second-order valence-corrected chi connectivity index (χ2v) is 11.3. The van der Waals surface area contributed by atoms with Gasteiger partial charge in [0.25, 0.3) is 5.91 Å². The molecule has 7 nitrogen and oxygen atoms in total. The van der Waals surface area contributed by atoms with Gasteiger partial charge in [0.15, 0.2) is 0 Å². The molecule has 1 heterocycles. The maximum atomic E-state index is 13.1. The second kappa shape index (κ2) is 16.4. The summed E-state index contributed by atoms with van der Waals surface area (Å²) in [5, 5.41) is 5.96. The van der Waals surface area contributed by atoms with Gasteiger partial charge >= 0.3 is 6.18 Å². The number of aryl methyl sites for hydroxylation is 1. The van der Waals surface area contributed by atoms with Gasteiger partial charge in [-0.1, -0.05) is 42.5 Å². The topological polar surface area (TPSA) is 79.9 Å². The molecule has 0 aliphatic carbocycles. The molecule has 1 fully saturated rings. The maximum absolute atomic E-state index is 13.1. The number of benzene rings is 3. The van der Waals surface area contributed by atoms with E-state index in [1.807, 2.05) is 12.1 Å². The van der Waals surface area contributed by atoms with Crippen molar-refractivity contribution in [2.24, 2.45) is 0 Å². The number of morpholine rings is 1. The lowest BCUT2D eigenvalue weighted by Gasteiger charge is -2.33. The molecule has 2 N–H and O–H groups in total. The third-order valence-corrected chi connectivity index (χ3v) is 8.05. The summed E-state index contributed by atoms with van der Waals surface area (Å²) >= 11 is 0. The van der Waals surface area contributed by atoms with Crippen LogP contribution in [0, 0.1) is 6.92 Å². The Bertz CT molecular complexity index is 1410. The number of halogens is 3. The summed E-state index contributed by atoms with van der Waals surface area (Å²) in [4.78, 5) is 27.7. The van der Waals surface area contributed by atoms with Gasteiger partial charge < -0.3 is 20.1 Å². The van der Waals surface area contributed by atoms with Crippen molar-refractivity contribution in [2.45, 2.75) is 51.3 Å². The van der Waals surface area contributed by atoms with Crippen LogP contribution in [0.1, 0.15) is 52.7 Å². The minimum Gasteiger partial charge on any atom is -0.496 e. The second-order valence-electron chi connectivity index (χ2n) is 11.3. The third kappa shape index (κ3) is 10.1. The quantitative estimate of drug-likeness (QED) is 0.214. The molecule has 0 aromatic heterocycles. The first-order valence-electron chi connectivity index (χ1n) is 15.4. The van der Waals surface area contributed by atoms with E-state index in [1.165, 1.54) is 17.7 Å². The van der Waals surface area contributed by atoms with Crippen LogP contribution < -0.4 is 15.4 Å². The van der Waals surface area contributed by atoms with Crippen LogP contribution in [0.4, 0.5) is 13.2 Å². The molecule has 0 saturated carbocycles. The molecule has 10 heteroatoms. The summed E-state index contributed by atoms with van der Waals surface area (Å²) < 4.78 is 50.3. The fraction of sp³-hybridized carbons (Fsp3) is 0.429. The predicted molar refractivity (Wildman–Crippen MR) is 168 cm³/mol. The van der Waals surface area contributed by atoms with Crippen molar-refractivity contribution in [3.8, 4) is 16.9 Å². The molecular formula is C35H42F3N3O4. The molecule has 3 aromatic carbocycles. The molecule has 1 aliphatic heterocycles. The van der Waals surface area contributed by atoms with Crippen LogP contribution in [0.2, 0.25) is 0 Å². The van der Waals surface area contributed by atoms with E-state index in [4.69, 9.17) is 9.47 Å². The minimum atomic E-state index is -4.42. The SMILES string of the molecule is COc1cccc(C)c1CCCC(=O)NCCCCN1CCOC(CNC(=O)c2ccccc2-c2ccc(C(F)(F)F)cc2)C1. The highest BCUT2D eigenvalue weighted by Crippen LogP contribution is 2.32. The average molecular weight is 626 g/mol. The van der Waals surface area contributed by atoms with E-state index in [9.17, 15) is 22.8 Å². The van der Waals surface area contributed by atoms with E-state index in [0.717, 1.165) is 62.2 Å². The van der Waals surface area contributed by atoms with Crippen molar-refractivity contribution in [1.82, 2.24) is 15.5 Å². The van der Waals surface area contributed by atoms with Crippen LogP contribution >= 0.6 is 0 Å². The molecule has 4 rings (SSSR count). The molecule has 1 unspecified atom stereocenters. The first kappa shape index (κ1) is 34.0. The fourth-order valence-electron chi connectivity index (χ4n) is 5.57.